The average Bonchev–Trinajstić information content (AvgIpc) is 2.61. The molecule has 0 aromatic heterocycles. The van der Waals surface area contributed by atoms with Gasteiger partial charge in [-0.05, 0) is 49.4 Å². The summed E-state index contributed by atoms with van der Waals surface area (Å²) in [5.41, 5.74) is 0.622. The van der Waals surface area contributed by atoms with E-state index in [9.17, 15) is 13.2 Å². The van der Waals surface area contributed by atoms with Crippen LogP contribution in [-0.4, -0.2) is 49.9 Å². The predicted octanol–water partition coefficient (Wildman–Crippen LogP) is 3.54. The zero-order valence-corrected chi connectivity index (χ0v) is 16.9. The maximum Gasteiger partial charge on any atom is 0.253 e. The average molecular weight is 382 g/mol. The Hall–Kier alpha value is -1.56. The summed E-state index contributed by atoms with van der Waals surface area (Å²) >= 11 is 0. The molecule has 5 nitrogen and oxygen atoms in total. The molecule has 1 fully saturated rings. The second kappa shape index (κ2) is 9.40. The van der Waals surface area contributed by atoms with Crippen molar-refractivity contribution in [3.63, 3.8) is 0 Å². The van der Waals surface area contributed by atoms with Crippen molar-refractivity contribution in [2.24, 2.45) is 5.92 Å². The lowest BCUT2D eigenvalue weighted by molar-refractivity contribution is 0.0725. The van der Waals surface area contributed by atoms with Gasteiger partial charge in [-0.2, -0.15) is 0 Å². The largest absolute Gasteiger partial charge is 0.494 e. The van der Waals surface area contributed by atoms with E-state index in [2.05, 4.69) is 6.92 Å². The Labute approximate surface area is 157 Å². The van der Waals surface area contributed by atoms with Crippen molar-refractivity contribution in [1.82, 2.24) is 4.90 Å². The van der Waals surface area contributed by atoms with Gasteiger partial charge in [-0.1, -0.05) is 27.2 Å². The third-order valence-electron chi connectivity index (χ3n) is 4.67. The number of unbranched alkanes of at least 4 members (excludes halogenated alkanes) is 1. The first-order valence-electron chi connectivity index (χ1n) is 9.57. The van der Waals surface area contributed by atoms with Crippen LogP contribution in [0, 0.1) is 5.92 Å². The Morgan fingerprint density at radius 3 is 2.35 bits per heavy atom. The fraction of sp³-hybridized carbons (Fsp3) is 0.650. The summed E-state index contributed by atoms with van der Waals surface area (Å²) in [7, 11) is -3.07. The molecule has 0 aliphatic carbocycles. The molecule has 0 N–H and O–H groups in total. The molecule has 0 bridgehead atoms. The van der Waals surface area contributed by atoms with Crippen molar-refractivity contribution in [2.75, 3.05) is 25.4 Å². The second-order valence-corrected chi connectivity index (χ2v) is 9.77. The predicted molar refractivity (Wildman–Crippen MR) is 104 cm³/mol. The van der Waals surface area contributed by atoms with Crippen molar-refractivity contribution < 1.29 is 17.9 Å². The molecular formula is C20H31NO4S. The summed E-state index contributed by atoms with van der Waals surface area (Å²) < 4.78 is 30.4. The van der Waals surface area contributed by atoms with Gasteiger partial charge in [0.15, 0.2) is 9.84 Å². The van der Waals surface area contributed by atoms with E-state index in [0.29, 0.717) is 38.1 Å². The molecular weight excluding hydrogens is 350 g/mol. The van der Waals surface area contributed by atoms with Gasteiger partial charge in [0.25, 0.3) is 5.91 Å². The highest BCUT2D eigenvalue weighted by Gasteiger charge is 2.32. The van der Waals surface area contributed by atoms with Gasteiger partial charge in [-0.3, -0.25) is 4.79 Å². The summed E-state index contributed by atoms with van der Waals surface area (Å²) in [6.45, 7) is 7.63. The van der Waals surface area contributed by atoms with E-state index < -0.39 is 9.84 Å². The number of hydrogen-bond donors (Lipinski definition) is 0. The second-order valence-electron chi connectivity index (χ2n) is 7.44. The summed E-state index contributed by atoms with van der Waals surface area (Å²) in [5, 5.41) is -0.316. The van der Waals surface area contributed by atoms with Crippen LogP contribution >= 0.6 is 0 Å². The molecule has 1 aromatic carbocycles. The van der Waals surface area contributed by atoms with Crippen LogP contribution in [0.5, 0.6) is 5.75 Å². The van der Waals surface area contributed by atoms with Crippen molar-refractivity contribution in [1.29, 1.82) is 0 Å². The Morgan fingerprint density at radius 2 is 1.81 bits per heavy atom. The van der Waals surface area contributed by atoms with E-state index in [1.54, 1.807) is 17.0 Å². The number of rotatable bonds is 8. The minimum Gasteiger partial charge on any atom is -0.494 e. The summed E-state index contributed by atoms with van der Waals surface area (Å²) in [5.74, 6) is 1.10. The van der Waals surface area contributed by atoms with Gasteiger partial charge in [-0.15, -0.1) is 0 Å². The first kappa shape index (κ1) is 20.7. The highest BCUT2D eigenvalue weighted by Crippen LogP contribution is 2.22. The van der Waals surface area contributed by atoms with Gasteiger partial charge >= 0.3 is 0 Å². The number of hydrogen-bond acceptors (Lipinski definition) is 4. The van der Waals surface area contributed by atoms with Crippen molar-refractivity contribution in [3.8, 4) is 5.75 Å². The SMILES string of the molecule is CCCCOc1ccc(C(=O)N2CCC(S(=O)(=O)CC(C)C)CC2)cc1. The first-order chi connectivity index (χ1) is 12.3. The van der Waals surface area contributed by atoms with Gasteiger partial charge < -0.3 is 9.64 Å². The molecule has 1 aliphatic heterocycles. The number of sulfone groups is 1. The Balaban J connectivity index is 1.90. The smallest absolute Gasteiger partial charge is 0.253 e. The van der Waals surface area contributed by atoms with Crippen LogP contribution in [0.25, 0.3) is 0 Å². The minimum absolute atomic E-state index is 0.0372. The van der Waals surface area contributed by atoms with E-state index >= 15 is 0 Å². The molecule has 1 amide bonds. The van der Waals surface area contributed by atoms with E-state index in [1.807, 2.05) is 26.0 Å². The molecule has 0 radical (unpaired) electrons. The van der Waals surface area contributed by atoms with Crippen molar-refractivity contribution in [2.45, 2.75) is 51.7 Å². The molecule has 1 aromatic rings. The molecule has 2 rings (SSSR count). The molecule has 6 heteroatoms. The van der Waals surface area contributed by atoms with Crippen molar-refractivity contribution in [3.05, 3.63) is 29.8 Å². The number of amides is 1. The third kappa shape index (κ3) is 5.73. The van der Waals surface area contributed by atoms with Crippen LogP contribution in [0.2, 0.25) is 0 Å². The molecule has 1 aliphatic rings. The molecule has 0 atom stereocenters. The third-order valence-corrected chi connectivity index (χ3v) is 7.29. The fourth-order valence-electron chi connectivity index (χ4n) is 3.23. The minimum atomic E-state index is -3.07. The topological polar surface area (TPSA) is 63.7 Å². The number of likely N-dealkylation sites (tertiary alicyclic amines) is 1. The van der Waals surface area contributed by atoms with E-state index in [0.717, 1.165) is 18.6 Å². The number of nitrogens with zero attached hydrogens (tertiary/aromatic N) is 1. The number of carbonyl (C=O) groups is 1. The van der Waals surface area contributed by atoms with Crippen LogP contribution in [0.1, 0.15) is 56.8 Å². The molecule has 0 saturated carbocycles. The number of piperidine rings is 1. The molecule has 1 heterocycles. The molecule has 1 saturated heterocycles. The summed E-state index contributed by atoms with van der Waals surface area (Å²) in [6, 6.07) is 7.21. The van der Waals surface area contributed by atoms with Crippen LogP contribution in [0.4, 0.5) is 0 Å². The van der Waals surface area contributed by atoms with Crippen LogP contribution in [-0.2, 0) is 9.84 Å². The van der Waals surface area contributed by atoms with Gasteiger partial charge in [-0.25, -0.2) is 8.42 Å². The van der Waals surface area contributed by atoms with Gasteiger partial charge in [0.1, 0.15) is 5.75 Å². The molecule has 26 heavy (non-hydrogen) atoms. The van der Waals surface area contributed by atoms with Gasteiger partial charge in [0.05, 0.1) is 17.6 Å². The van der Waals surface area contributed by atoms with Gasteiger partial charge in [0.2, 0.25) is 0 Å². The van der Waals surface area contributed by atoms with E-state index in [4.69, 9.17) is 4.74 Å². The number of benzene rings is 1. The lowest BCUT2D eigenvalue weighted by Gasteiger charge is -2.32. The monoisotopic (exact) mass is 381 g/mol. The zero-order valence-electron chi connectivity index (χ0n) is 16.1. The maximum atomic E-state index is 12.6. The Bertz CT molecular complexity index is 674. The fourth-order valence-corrected chi connectivity index (χ4v) is 5.36. The summed E-state index contributed by atoms with van der Waals surface area (Å²) in [4.78, 5) is 14.4. The van der Waals surface area contributed by atoms with E-state index in [1.165, 1.54) is 0 Å². The number of carbonyl (C=O) groups excluding carboxylic acids is 1. The Kier molecular flexibility index (Phi) is 7.50. The first-order valence-corrected chi connectivity index (χ1v) is 11.3. The van der Waals surface area contributed by atoms with Crippen LogP contribution < -0.4 is 4.74 Å². The van der Waals surface area contributed by atoms with Crippen LogP contribution in [0.15, 0.2) is 24.3 Å². The van der Waals surface area contributed by atoms with Crippen molar-refractivity contribution >= 4 is 15.7 Å². The molecule has 146 valence electrons. The van der Waals surface area contributed by atoms with Crippen LogP contribution in [0.3, 0.4) is 0 Å². The lowest BCUT2D eigenvalue weighted by Crippen LogP contribution is -2.43. The lowest BCUT2D eigenvalue weighted by atomic mass is 10.1. The Morgan fingerprint density at radius 1 is 1.19 bits per heavy atom. The normalized spacial score (nSPS) is 16.1. The summed E-state index contributed by atoms with van der Waals surface area (Å²) in [6.07, 6.45) is 3.15. The molecule has 0 unspecified atom stereocenters. The zero-order chi connectivity index (χ0) is 19.2. The quantitative estimate of drug-likeness (QED) is 0.646. The standard InChI is InChI=1S/C20H31NO4S/c1-4-5-14-25-18-8-6-17(7-9-18)20(22)21-12-10-19(11-13-21)26(23,24)15-16(2)3/h6-9,16,19H,4-5,10-15H2,1-3H3. The van der Waals surface area contributed by atoms with Gasteiger partial charge in [0, 0.05) is 18.7 Å². The number of ether oxygens (including phenoxy) is 1. The highest BCUT2D eigenvalue weighted by atomic mass is 32.2. The maximum absolute atomic E-state index is 12.6. The molecule has 0 spiro atoms. The van der Waals surface area contributed by atoms with E-state index in [-0.39, 0.29) is 22.8 Å². The highest BCUT2D eigenvalue weighted by molar-refractivity contribution is 7.92.